The van der Waals surface area contributed by atoms with Gasteiger partial charge in [-0.3, -0.25) is 4.79 Å². The Balaban J connectivity index is 2.81. The minimum Gasteiger partial charge on any atom is -0.480 e. The fourth-order valence-electron chi connectivity index (χ4n) is 1.59. The predicted octanol–water partition coefficient (Wildman–Crippen LogP) is 1.72. The van der Waals surface area contributed by atoms with Gasteiger partial charge < -0.3 is 15.5 Å². The number of carbonyl (C=O) groups excluding carboxylic acids is 1. The lowest BCUT2D eigenvalue weighted by Crippen LogP contribution is -2.42. The summed E-state index contributed by atoms with van der Waals surface area (Å²) < 4.78 is 37.1. The Morgan fingerprint density at radius 3 is 2.14 bits per heavy atom. The third kappa shape index (κ3) is 4.45. The van der Waals surface area contributed by atoms with Crippen molar-refractivity contribution >= 4 is 11.9 Å². The van der Waals surface area contributed by atoms with Crippen LogP contribution in [0.1, 0.15) is 30.6 Å². The Labute approximate surface area is 118 Å². The molecular weight excluding hydrogens is 291 g/mol. The molecule has 0 fully saturated rings. The largest absolute Gasteiger partial charge is 0.480 e. The first kappa shape index (κ1) is 17.0. The second-order valence-corrected chi connectivity index (χ2v) is 4.33. The number of halogens is 3. The average Bonchev–Trinajstić information content (AvgIpc) is 2.42. The van der Waals surface area contributed by atoms with E-state index >= 15 is 0 Å². The van der Waals surface area contributed by atoms with Crippen LogP contribution in [0.2, 0.25) is 0 Å². The molecule has 0 spiro atoms. The smallest absolute Gasteiger partial charge is 0.416 e. The second kappa shape index (κ2) is 6.57. The Kier molecular flexibility index (Phi) is 5.31. The van der Waals surface area contributed by atoms with Crippen molar-refractivity contribution in [1.29, 1.82) is 0 Å². The molecule has 0 aromatic heterocycles. The molecule has 0 heterocycles. The molecule has 0 saturated carbocycles. The van der Waals surface area contributed by atoms with Crippen molar-refractivity contribution in [3.05, 3.63) is 35.4 Å². The Bertz CT molecular complexity index is 513. The molecule has 3 N–H and O–H groups in total. The number of amides is 1. The molecule has 21 heavy (non-hydrogen) atoms. The minimum absolute atomic E-state index is 0.0549. The quantitative estimate of drug-likeness (QED) is 0.773. The highest BCUT2D eigenvalue weighted by atomic mass is 19.4. The van der Waals surface area contributed by atoms with Gasteiger partial charge in [-0.25, -0.2) is 4.79 Å². The van der Waals surface area contributed by atoms with E-state index in [-0.39, 0.29) is 12.0 Å². The van der Waals surface area contributed by atoms with Crippen LogP contribution in [0.15, 0.2) is 24.3 Å². The molecule has 0 bridgehead atoms. The maximum absolute atomic E-state index is 12.4. The molecule has 1 aromatic carbocycles. The molecule has 2 atom stereocenters. The molecule has 0 aliphatic heterocycles. The summed E-state index contributed by atoms with van der Waals surface area (Å²) in [6, 6.07) is 2.24. The maximum Gasteiger partial charge on any atom is 0.416 e. The molecule has 0 unspecified atom stereocenters. The van der Waals surface area contributed by atoms with E-state index in [1.165, 1.54) is 6.92 Å². The van der Waals surface area contributed by atoms with E-state index in [2.05, 4.69) is 5.32 Å². The van der Waals surface area contributed by atoms with Crippen LogP contribution >= 0.6 is 0 Å². The van der Waals surface area contributed by atoms with Gasteiger partial charge in [-0.05, 0) is 24.1 Å². The monoisotopic (exact) mass is 305 g/mol. The van der Waals surface area contributed by atoms with Crippen molar-refractivity contribution < 1.29 is 33.0 Å². The van der Waals surface area contributed by atoms with Gasteiger partial charge in [0.2, 0.25) is 0 Å². The van der Waals surface area contributed by atoms with E-state index in [4.69, 9.17) is 5.11 Å². The van der Waals surface area contributed by atoms with Crippen LogP contribution in [0, 0.1) is 0 Å². The summed E-state index contributed by atoms with van der Waals surface area (Å²) in [5.74, 6) is -2.24. The Morgan fingerprint density at radius 2 is 1.76 bits per heavy atom. The summed E-state index contributed by atoms with van der Waals surface area (Å²) in [5.41, 5.74) is -0.962. The van der Waals surface area contributed by atoms with Crippen LogP contribution in [0.4, 0.5) is 13.2 Å². The molecule has 5 nitrogen and oxygen atoms in total. The van der Waals surface area contributed by atoms with Crippen molar-refractivity contribution in [2.24, 2.45) is 0 Å². The van der Waals surface area contributed by atoms with E-state index < -0.39 is 35.8 Å². The zero-order valence-electron chi connectivity index (χ0n) is 11.0. The summed E-state index contributed by atoms with van der Waals surface area (Å²) in [7, 11) is 0. The van der Waals surface area contributed by atoms with Gasteiger partial charge >= 0.3 is 12.1 Å². The highest BCUT2D eigenvalue weighted by Crippen LogP contribution is 2.29. The van der Waals surface area contributed by atoms with Gasteiger partial charge in [0.25, 0.3) is 5.91 Å². The Hall–Kier alpha value is -2.09. The van der Waals surface area contributed by atoms with Crippen LogP contribution in [0.3, 0.4) is 0 Å². The second-order valence-electron chi connectivity index (χ2n) is 4.33. The van der Waals surface area contributed by atoms with Crippen LogP contribution < -0.4 is 5.32 Å². The van der Waals surface area contributed by atoms with E-state index in [0.29, 0.717) is 0 Å². The molecule has 1 amide bonds. The molecule has 1 rings (SSSR count). The average molecular weight is 305 g/mol. The summed E-state index contributed by atoms with van der Waals surface area (Å²) in [5, 5.41) is 20.6. The SMILES string of the molecule is CC[C@@H](NC(=O)[C@H](O)c1ccc(C(F)(F)F)cc1)C(=O)O. The number of aliphatic carboxylic acids is 1. The first-order chi connectivity index (χ1) is 9.66. The number of rotatable bonds is 5. The highest BCUT2D eigenvalue weighted by Gasteiger charge is 2.31. The minimum atomic E-state index is -4.51. The normalized spacial score (nSPS) is 14.3. The van der Waals surface area contributed by atoms with Crippen LogP contribution in [0.5, 0.6) is 0 Å². The van der Waals surface area contributed by atoms with Crippen LogP contribution in [-0.4, -0.2) is 28.1 Å². The lowest BCUT2D eigenvalue weighted by atomic mass is 10.1. The number of aliphatic hydroxyl groups excluding tert-OH is 1. The molecule has 0 aliphatic carbocycles. The molecule has 1 aromatic rings. The van der Waals surface area contributed by atoms with E-state index in [1.54, 1.807) is 0 Å². The lowest BCUT2D eigenvalue weighted by Gasteiger charge is -2.16. The van der Waals surface area contributed by atoms with Crippen molar-refractivity contribution in [2.45, 2.75) is 31.7 Å². The number of benzene rings is 1. The molecule has 0 aliphatic rings. The topological polar surface area (TPSA) is 86.6 Å². The number of hydrogen-bond acceptors (Lipinski definition) is 3. The third-order valence-corrected chi connectivity index (χ3v) is 2.82. The fourth-order valence-corrected chi connectivity index (χ4v) is 1.59. The number of carboxylic acids is 1. The number of aliphatic hydroxyl groups is 1. The van der Waals surface area contributed by atoms with Crippen molar-refractivity contribution in [1.82, 2.24) is 5.32 Å². The van der Waals surface area contributed by atoms with Gasteiger partial charge in [-0.2, -0.15) is 13.2 Å². The maximum atomic E-state index is 12.4. The first-order valence-corrected chi connectivity index (χ1v) is 6.05. The third-order valence-electron chi connectivity index (χ3n) is 2.82. The summed E-state index contributed by atoms with van der Waals surface area (Å²) in [6.07, 6.45) is -6.14. The number of nitrogens with one attached hydrogen (secondary N) is 1. The standard InChI is InChI=1S/C13H14F3NO4/c1-2-9(12(20)21)17-11(19)10(18)7-3-5-8(6-4-7)13(14,15)16/h3-6,9-10,18H,2H2,1H3,(H,17,19)(H,20,21)/t9-,10-/m1/s1. The molecular formula is C13H14F3NO4. The fraction of sp³-hybridized carbons (Fsp3) is 0.385. The summed E-state index contributed by atoms with van der Waals surface area (Å²) in [6.45, 7) is 1.53. The van der Waals surface area contributed by atoms with Crippen molar-refractivity contribution in [2.75, 3.05) is 0 Å². The van der Waals surface area contributed by atoms with Gasteiger partial charge in [0.05, 0.1) is 5.56 Å². The Morgan fingerprint density at radius 1 is 1.24 bits per heavy atom. The summed E-state index contributed by atoms with van der Waals surface area (Å²) in [4.78, 5) is 22.4. The molecule has 0 radical (unpaired) electrons. The van der Waals surface area contributed by atoms with Crippen molar-refractivity contribution in [3.63, 3.8) is 0 Å². The zero-order chi connectivity index (χ0) is 16.2. The van der Waals surface area contributed by atoms with Gasteiger partial charge in [-0.15, -0.1) is 0 Å². The zero-order valence-corrected chi connectivity index (χ0v) is 11.0. The van der Waals surface area contributed by atoms with Crippen molar-refractivity contribution in [3.8, 4) is 0 Å². The first-order valence-electron chi connectivity index (χ1n) is 6.05. The van der Waals surface area contributed by atoms with Crippen LogP contribution in [-0.2, 0) is 15.8 Å². The number of hydrogen-bond donors (Lipinski definition) is 3. The lowest BCUT2D eigenvalue weighted by molar-refractivity contribution is -0.143. The van der Waals surface area contributed by atoms with Gasteiger partial charge in [0.1, 0.15) is 6.04 Å². The molecule has 116 valence electrons. The van der Waals surface area contributed by atoms with Gasteiger partial charge in [0, 0.05) is 0 Å². The van der Waals surface area contributed by atoms with E-state index in [9.17, 15) is 27.9 Å². The molecule has 8 heteroatoms. The van der Waals surface area contributed by atoms with E-state index in [0.717, 1.165) is 24.3 Å². The number of carbonyl (C=O) groups is 2. The van der Waals surface area contributed by atoms with Crippen LogP contribution in [0.25, 0.3) is 0 Å². The van der Waals surface area contributed by atoms with Gasteiger partial charge in [0.15, 0.2) is 6.10 Å². The van der Waals surface area contributed by atoms with E-state index in [1.807, 2.05) is 0 Å². The number of carboxylic acid groups (broad SMARTS) is 1. The highest BCUT2D eigenvalue weighted by molar-refractivity contribution is 5.86. The van der Waals surface area contributed by atoms with Gasteiger partial charge in [-0.1, -0.05) is 19.1 Å². The predicted molar refractivity (Wildman–Crippen MR) is 66.3 cm³/mol. The number of alkyl halides is 3. The molecule has 0 saturated heterocycles. The summed E-state index contributed by atoms with van der Waals surface area (Å²) >= 11 is 0.